The van der Waals surface area contributed by atoms with Gasteiger partial charge in [0.25, 0.3) is 0 Å². The van der Waals surface area contributed by atoms with Crippen molar-refractivity contribution >= 4 is 10.8 Å². The number of ether oxygens (including phenoxy) is 1. The first kappa shape index (κ1) is 17.0. The zero-order valence-electron chi connectivity index (χ0n) is 14.8. The Kier molecular flexibility index (Phi) is 4.04. The zero-order chi connectivity index (χ0) is 18.9. The van der Waals surface area contributed by atoms with Crippen molar-refractivity contribution in [1.29, 1.82) is 10.5 Å². The first-order valence-corrected chi connectivity index (χ1v) is 8.83. The molecule has 3 aromatic carbocycles. The van der Waals surface area contributed by atoms with Crippen LogP contribution in [0.2, 0.25) is 0 Å². The maximum absolute atomic E-state index is 10.2. The third kappa shape index (κ3) is 2.23. The van der Waals surface area contributed by atoms with Gasteiger partial charge in [-0.3, -0.25) is 0 Å². The monoisotopic (exact) mass is 350 g/mol. The Balaban J connectivity index is 1.98. The molecule has 3 heteroatoms. The summed E-state index contributed by atoms with van der Waals surface area (Å²) >= 11 is 0. The highest BCUT2D eigenvalue weighted by molar-refractivity contribution is 5.86. The van der Waals surface area contributed by atoms with Gasteiger partial charge in [0.2, 0.25) is 0 Å². The second-order valence-electron chi connectivity index (χ2n) is 6.83. The number of nitrogens with zero attached hydrogens (tertiary/aromatic N) is 2. The minimum atomic E-state index is -1.42. The molecule has 0 bridgehead atoms. The highest BCUT2D eigenvalue weighted by atomic mass is 16.5. The van der Waals surface area contributed by atoms with E-state index in [1.165, 1.54) is 0 Å². The van der Waals surface area contributed by atoms with E-state index in [0.717, 1.165) is 21.9 Å². The summed E-state index contributed by atoms with van der Waals surface area (Å²) in [7, 11) is 0. The second kappa shape index (κ2) is 6.40. The Morgan fingerprint density at radius 3 is 2.30 bits per heavy atom. The third-order valence-electron chi connectivity index (χ3n) is 5.67. The number of fused-ring (bicyclic) bond motifs is 1. The van der Waals surface area contributed by atoms with E-state index in [2.05, 4.69) is 18.7 Å². The van der Waals surface area contributed by atoms with Crippen LogP contribution >= 0.6 is 0 Å². The summed E-state index contributed by atoms with van der Waals surface area (Å²) in [4.78, 5) is 0. The average molecular weight is 350 g/mol. The largest absolute Gasteiger partial charge is 0.369 e. The fourth-order valence-corrected chi connectivity index (χ4v) is 4.22. The fourth-order valence-electron chi connectivity index (χ4n) is 4.22. The smallest absolute Gasteiger partial charge is 0.188 e. The van der Waals surface area contributed by atoms with E-state index in [0.29, 0.717) is 0 Å². The topological polar surface area (TPSA) is 56.8 Å². The summed E-state index contributed by atoms with van der Waals surface area (Å²) < 4.78 is 6.19. The van der Waals surface area contributed by atoms with Crippen LogP contribution in [0.25, 0.3) is 10.8 Å². The lowest BCUT2D eigenvalue weighted by Gasteiger charge is -2.35. The molecular formula is C24H18N2O. The van der Waals surface area contributed by atoms with E-state index >= 15 is 0 Å². The molecule has 0 amide bonds. The standard InChI is InChI=1S/C24H18N2O/c1-2-23(19-11-4-3-5-12-19)17-27-22(24(23,15-25)16-26)21-14-8-10-18-9-6-7-13-20(18)21/h2-14,22H,1,17H2/t22-,23+/m1/s1. The molecule has 0 N–H and O–H groups in total. The summed E-state index contributed by atoms with van der Waals surface area (Å²) in [5, 5.41) is 22.5. The minimum Gasteiger partial charge on any atom is -0.369 e. The molecule has 1 aliphatic heterocycles. The van der Waals surface area contributed by atoms with Crippen LogP contribution in [0.1, 0.15) is 17.2 Å². The van der Waals surface area contributed by atoms with Crippen LogP contribution in [0.15, 0.2) is 85.5 Å². The number of nitriles is 2. The van der Waals surface area contributed by atoms with Crippen molar-refractivity contribution in [3.8, 4) is 12.1 Å². The molecule has 1 heterocycles. The quantitative estimate of drug-likeness (QED) is 0.620. The minimum absolute atomic E-state index is 0.232. The van der Waals surface area contributed by atoms with E-state index < -0.39 is 16.9 Å². The van der Waals surface area contributed by atoms with Crippen LogP contribution in [-0.4, -0.2) is 6.61 Å². The van der Waals surface area contributed by atoms with Crippen molar-refractivity contribution in [1.82, 2.24) is 0 Å². The van der Waals surface area contributed by atoms with Gasteiger partial charge in [-0.25, -0.2) is 0 Å². The molecule has 3 nitrogen and oxygen atoms in total. The van der Waals surface area contributed by atoms with Gasteiger partial charge in [-0.1, -0.05) is 78.9 Å². The lowest BCUT2D eigenvalue weighted by atomic mass is 9.59. The predicted molar refractivity (Wildman–Crippen MR) is 105 cm³/mol. The molecule has 27 heavy (non-hydrogen) atoms. The summed E-state index contributed by atoms with van der Waals surface area (Å²) in [6.07, 6.45) is 1.04. The number of benzene rings is 3. The van der Waals surface area contributed by atoms with Gasteiger partial charge in [-0.15, -0.1) is 6.58 Å². The van der Waals surface area contributed by atoms with Gasteiger partial charge in [0.1, 0.15) is 6.10 Å². The van der Waals surface area contributed by atoms with Gasteiger partial charge >= 0.3 is 0 Å². The van der Waals surface area contributed by atoms with Crippen molar-refractivity contribution in [3.05, 3.63) is 96.6 Å². The summed E-state index contributed by atoms with van der Waals surface area (Å²) in [5.74, 6) is 0. The van der Waals surface area contributed by atoms with Crippen molar-refractivity contribution in [3.63, 3.8) is 0 Å². The van der Waals surface area contributed by atoms with E-state index in [1.807, 2.05) is 72.8 Å². The van der Waals surface area contributed by atoms with Crippen LogP contribution in [0, 0.1) is 28.1 Å². The van der Waals surface area contributed by atoms with E-state index in [-0.39, 0.29) is 6.61 Å². The molecule has 0 radical (unpaired) electrons. The van der Waals surface area contributed by atoms with Crippen LogP contribution in [0.5, 0.6) is 0 Å². The zero-order valence-corrected chi connectivity index (χ0v) is 14.8. The summed E-state index contributed by atoms with van der Waals surface area (Å²) in [6, 6.07) is 28.1. The Bertz CT molecular complexity index is 1070. The molecule has 0 aliphatic carbocycles. The molecule has 0 unspecified atom stereocenters. The Labute approximate surface area is 158 Å². The lowest BCUT2D eigenvalue weighted by molar-refractivity contribution is 0.0873. The Morgan fingerprint density at radius 2 is 1.59 bits per heavy atom. The van der Waals surface area contributed by atoms with Gasteiger partial charge < -0.3 is 4.74 Å². The van der Waals surface area contributed by atoms with Gasteiger partial charge in [0, 0.05) is 0 Å². The summed E-state index contributed by atoms with van der Waals surface area (Å²) in [5.41, 5.74) is -0.596. The van der Waals surface area contributed by atoms with Gasteiger partial charge in [-0.05, 0) is 21.9 Å². The molecule has 3 aromatic rings. The third-order valence-corrected chi connectivity index (χ3v) is 5.67. The SMILES string of the molecule is C=C[C@@]1(c2ccccc2)CO[C@H](c2cccc3ccccc23)C1(C#N)C#N. The van der Waals surface area contributed by atoms with Crippen LogP contribution < -0.4 is 0 Å². The lowest BCUT2D eigenvalue weighted by Crippen LogP contribution is -2.42. The molecule has 0 spiro atoms. The van der Waals surface area contributed by atoms with Crippen LogP contribution in [-0.2, 0) is 10.2 Å². The molecule has 1 saturated heterocycles. The fraction of sp³-hybridized carbons (Fsp3) is 0.167. The molecule has 2 atom stereocenters. The molecule has 0 aromatic heterocycles. The second-order valence-corrected chi connectivity index (χ2v) is 6.83. The van der Waals surface area contributed by atoms with Crippen LogP contribution in [0.3, 0.4) is 0 Å². The van der Waals surface area contributed by atoms with Crippen molar-refractivity contribution in [2.75, 3.05) is 6.61 Å². The Morgan fingerprint density at radius 1 is 0.926 bits per heavy atom. The Hall–Kier alpha value is -3.40. The molecule has 130 valence electrons. The highest BCUT2D eigenvalue weighted by Gasteiger charge is 2.63. The van der Waals surface area contributed by atoms with E-state index in [1.54, 1.807) is 6.08 Å². The summed E-state index contributed by atoms with van der Waals surface area (Å²) in [6.45, 7) is 4.22. The maximum atomic E-state index is 10.2. The van der Waals surface area contributed by atoms with Gasteiger partial charge in [0.05, 0.1) is 24.2 Å². The van der Waals surface area contributed by atoms with Crippen molar-refractivity contribution < 1.29 is 4.74 Å². The number of hydrogen-bond donors (Lipinski definition) is 0. The highest BCUT2D eigenvalue weighted by Crippen LogP contribution is 2.58. The van der Waals surface area contributed by atoms with Gasteiger partial charge in [-0.2, -0.15) is 10.5 Å². The maximum Gasteiger partial charge on any atom is 0.188 e. The van der Waals surface area contributed by atoms with Crippen molar-refractivity contribution in [2.24, 2.45) is 5.41 Å². The molecule has 1 fully saturated rings. The average Bonchev–Trinajstić information content (AvgIpc) is 3.09. The number of rotatable bonds is 3. The first-order valence-electron chi connectivity index (χ1n) is 8.83. The number of hydrogen-bond acceptors (Lipinski definition) is 3. The predicted octanol–water partition coefficient (Wildman–Crippen LogP) is 5.07. The van der Waals surface area contributed by atoms with E-state index in [9.17, 15) is 10.5 Å². The molecule has 1 aliphatic rings. The molecule has 4 rings (SSSR count). The van der Waals surface area contributed by atoms with E-state index in [4.69, 9.17) is 4.74 Å². The van der Waals surface area contributed by atoms with Gasteiger partial charge in [0.15, 0.2) is 5.41 Å². The molecule has 0 saturated carbocycles. The normalized spacial score (nSPS) is 23.4. The molecular weight excluding hydrogens is 332 g/mol. The first-order chi connectivity index (χ1) is 13.2. The van der Waals surface area contributed by atoms with Crippen LogP contribution in [0.4, 0.5) is 0 Å². The van der Waals surface area contributed by atoms with Crippen molar-refractivity contribution in [2.45, 2.75) is 11.5 Å².